The molecule has 44 heteroatoms. The highest BCUT2D eigenvalue weighted by molar-refractivity contribution is 5.96. The van der Waals surface area contributed by atoms with Crippen molar-refractivity contribution in [3.63, 3.8) is 0 Å². The van der Waals surface area contributed by atoms with Crippen molar-refractivity contribution in [3.8, 4) is 53.2 Å². The topological polar surface area (TPSA) is 537 Å². The number of hydrogen-bond donors (Lipinski definition) is 8. The van der Waals surface area contributed by atoms with E-state index in [9.17, 15) is 38.2 Å². The number of anilines is 5. The van der Waals surface area contributed by atoms with Gasteiger partial charge in [0.25, 0.3) is 17.7 Å². The van der Waals surface area contributed by atoms with Gasteiger partial charge in [0, 0.05) is 191 Å². The molecule has 16 heterocycles. The molecule has 26 rings (SSSR count). The number of ether oxygens (including phenoxy) is 5. The zero-order valence-corrected chi connectivity index (χ0v) is 82.2. The molecule has 2 amide bonds. The number of aliphatic hydroxyl groups is 2. The Bertz CT molecular complexity index is 6870. The summed E-state index contributed by atoms with van der Waals surface area (Å²) in [7, 11) is 1.92. The van der Waals surface area contributed by atoms with Crippen LogP contribution in [0.5, 0.6) is 29.8 Å². The van der Waals surface area contributed by atoms with Crippen molar-refractivity contribution in [2.75, 3.05) is 124 Å². The highest BCUT2D eigenvalue weighted by Gasteiger charge is 2.59. The third-order valence-electron chi connectivity index (χ3n) is 30.9. The summed E-state index contributed by atoms with van der Waals surface area (Å²) in [5, 5.41) is 60.3. The molecule has 3 unspecified atom stereocenters. The van der Waals surface area contributed by atoms with E-state index in [1.165, 1.54) is 10.9 Å². The predicted molar refractivity (Wildman–Crippen MR) is 529 cm³/mol. The van der Waals surface area contributed by atoms with Crippen LogP contribution < -0.4 is 59.7 Å². The predicted octanol–water partition coefficient (Wildman–Crippen LogP) is 11.8. The van der Waals surface area contributed by atoms with Gasteiger partial charge in [-0.1, -0.05) is 6.92 Å². The van der Waals surface area contributed by atoms with Gasteiger partial charge in [0.2, 0.25) is 23.5 Å². The second-order valence-corrected chi connectivity index (χ2v) is 42.2. The number of nitrogens with two attached hydrogens (primary N) is 1. The van der Waals surface area contributed by atoms with Crippen LogP contribution in [-0.4, -0.2) is 261 Å². The molecule has 0 radical (unpaired) electrons. The standard InChI is InChI=1S/C29H34N10O3.C27H28FN7O2.C24H28F2N6O3.C23H29N7O3/c1-38-13-22(33-16-38)20-7-23(24(31)32-12-20)41-14-17-2-4-39(5-3-17)27-34-25(26(40)37-29-8-18(9-29)10-29)35-28(36-27)42-15-21-6-19(21)11-30;28-20-13-35(5-3-18(20)24-19-2-1-4-30-25(19)34-33-24)23-7-21(22(36)11-27-8-15(9-27)10-27)31-26(32-23)37-14-17-6-16(17)12-29;1-14(12-33)9-19(34)18-10-20(29-23(28-18)35-13-16-11-24(16,25)26)32-7-4-15(5-8-32)21-17-3-2-6-27-22(17)31-30-21;1-14(12-31)26-21(32)20-27-22(29-23(28-20)33-13-15-4-5-15)30-9-6-16(7-10-30)18-11-25-19-17(18)3-2-8-24-19/h7,12-13,16-19,21H,2-6,8-10,14-15H2,1H3,(H2,31,32)(H,37,40);1-2,4,7,15-18,20H,3,5-6,8-11,13-14H2,(H,30,33,34);2-3,6,10,14-16,33H,4-5,7-9,11-13H2,1H3,(H,27,30,31);2-3,8,11,14-16,31H,4-7,9-10,12-13H2,1H3,(H,24,25)(H,26,32)/t18?,19-,21+,29?;15?,16-,17+,18?,20?,27?;14-,16?;14-/m0001/s1. The maximum absolute atomic E-state index is 15.6. The van der Waals surface area contributed by atoms with E-state index < -0.39 is 30.0 Å². The van der Waals surface area contributed by atoms with Crippen molar-refractivity contribution in [1.29, 1.82) is 10.5 Å². The number of carbonyl (C=O) groups excluding carboxylic acids is 4. The Morgan fingerprint density at radius 1 is 0.578 bits per heavy atom. The van der Waals surface area contributed by atoms with Gasteiger partial charge in [-0.3, -0.25) is 29.4 Å². The SMILES string of the molecule is C[C@H](CO)CC(=O)c1cc(N2CCC(c3[nH]nc4ncccc34)CC2)nc(OCC2CC2(F)F)n1.C[C@H](CO)NC(=O)c1nc(OCC2CC2)nc(N2CCC(c3c[nH]c4ncccc34)CC2)n1.Cn1cnc(-c2cnc(N)c(OCC3CCN(c4nc(OC[C@H]5C[C@H]5C#N)nc(C(=O)NC56CC(C5)C6)n4)CC3)c2)c1.N#C[C@@H]1C[C@@H]1COc1nc(C(=O)CC23CC(C2)C3)cc(N2CCC(c3[nH]nc4ncccc34)C(F)C2)n1. The fourth-order valence-corrected chi connectivity index (χ4v) is 21.2. The molecule has 12 aromatic heterocycles. The highest BCUT2D eigenvalue weighted by Crippen LogP contribution is 2.66. The number of nitrogens with zero attached hydrogens (tertiary/aromatic N) is 24. The van der Waals surface area contributed by atoms with Gasteiger partial charge in [0.1, 0.15) is 41.4 Å². The molecular weight excluding hydrogens is 1890 g/mol. The number of nitrogens with one attached hydrogen (secondary N) is 5. The van der Waals surface area contributed by atoms with Crippen molar-refractivity contribution in [3.05, 3.63) is 138 Å². The van der Waals surface area contributed by atoms with Crippen LogP contribution in [0.1, 0.15) is 219 Å². The first-order chi connectivity index (χ1) is 71.3. The zero-order valence-electron chi connectivity index (χ0n) is 82.2. The molecular formula is C103H119F3N30O11. The van der Waals surface area contributed by atoms with Gasteiger partial charge in [-0.05, 0) is 205 Å². The monoisotopic (exact) mass is 2010 g/mol. The summed E-state index contributed by atoms with van der Waals surface area (Å²) in [5.41, 5.74) is 13.7. The maximum atomic E-state index is 15.6. The van der Waals surface area contributed by atoms with Gasteiger partial charge in [-0.25, -0.2) is 38.1 Å². The average Bonchev–Trinajstić information content (AvgIpc) is 1.64. The van der Waals surface area contributed by atoms with Crippen LogP contribution in [0.15, 0.2) is 98.1 Å². The zero-order chi connectivity index (χ0) is 101. The number of H-pyrrole nitrogens is 3. The lowest BCUT2D eigenvalue weighted by atomic mass is 9.43. The number of amides is 2. The van der Waals surface area contributed by atoms with Crippen molar-refractivity contribution in [2.45, 2.75) is 184 Å². The minimum absolute atomic E-state index is 0.00362. The lowest BCUT2D eigenvalue weighted by Crippen LogP contribution is -2.68. The van der Waals surface area contributed by atoms with Crippen LogP contribution in [-0.2, 0) is 7.05 Å². The van der Waals surface area contributed by atoms with Gasteiger partial charge < -0.3 is 79.4 Å². The molecule has 10 saturated carbocycles. The number of nitriles is 2. The summed E-state index contributed by atoms with van der Waals surface area (Å²) in [4.78, 5) is 129. The molecule has 14 aliphatic rings. The number of ketones is 2. The molecule has 9 atom stereocenters. The Balaban J connectivity index is 0.000000115. The second kappa shape index (κ2) is 42.1. The molecule has 768 valence electrons. The smallest absolute Gasteiger partial charge is 0.321 e. The first kappa shape index (κ1) is 98.5. The number of nitrogen functional groups attached to an aromatic ring is 1. The fraction of sp³-hybridized carbons (Fsp3) is 0.544. The number of aromatic nitrogens is 21. The van der Waals surface area contributed by atoms with Gasteiger partial charge in [0.15, 0.2) is 34.4 Å². The Morgan fingerprint density at radius 3 is 1.69 bits per heavy atom. The van der Waals surface area contributed by atoms with E-state index in [0.29, 0.717) is 142 Å². The number of rotatable bonds is 35. The number of aliphatic hydroxyl groups excluding tert-OH is 2. The van der Waals surface area contributed by atoms with Gasteiger partial charge in [-0.2, -0.15) is 70.6 Å². The molecule has 14 fully saturated rings. The molecule has 4 bridgehead atoms. The van der Waals surface area contributed by atoms with Crippen LogP contribution in [0, 0.1) is 87.3 Å². The Morgan fingerprint density at radius 2 is 1.12 bits per heavy atom. The Labute approximate surface area is 844 Å². The maximum Gasteiger partial charge on any atom is 0.321 e. The number of halogens is 3. The fourth-order valence-electron chi connectivity index (χ4n) is 21.2. The normalized spacial score (nSPS) is 24.4. The molecule has 4 saturated heterocycles. The largest absolute Gasteiger partial charge is 0.489 e. The third-order valence-corrected chi connectivity index (χ3v) is 30.9. The van der Waals surface area contributed by atoms with Gasteiger partial charge >= 0.3 is 24.0 Å². The van der Waals surface area contributed by atoms with Crippen molar-refractivity contribution in [1.82, 2.24) is 115 Å². The lowest BCUT2D eigenvalue weighted by Gasteiger charge is -2.61. The summed E-state index contributed by atoms with van der Waals surface area (Å²) in [6.07, 6.45) is 28.1. The summed E-state index contributed by atoms with van der Waals surface area (Å²) in [6.45, 7) is 9.77. The van der Waals surface area contributed by atoms with E-state index in [2.05, 4.69) is 150 Å². The second-order valence-electron chi connectivity index (χ2n) is 42.2. The van der Waals surface area contributed by atoms with E-state index >= 15 is 4.39 Å². The number of hydrogen-bond acceptors (Lipinski definition) is 35. The van der Waals surface area contributed by atoms with Crippen molar-refractivity contribution >= 4 is 85.8 Å². The van der Waals surface area contributed by atoms with Crippen LogP contribution in [0.25, 0.3) is 44.4 Å². The van der Waals surface area contributed by atoms with Crippen LogP contribution in [0.4, 0.5) is 42.5 Å². The minimum Gasteiger partial charge on any atom is -0.489 e. The number of pyridine rings is 4. The number of aryl methyl sites for hydroxylation is 1. The number of Topliss-reactive ketones (excluding diaryl/α,β-unsaturated/α-hetero) is 2. The number of piperidine rings is 4. The number of carbonyl (C=O) groups is 4. The number of aromatic amines is 3. The molecule has 147 heavy (non-hydrogen) atoms. The number of imidazole rings is 1. The molecule has 10 aliphatic carbocycles. The quantitative estimate of drug-likeness (QED) is 0.0171. The first-order valence-electron chi connectivity index (χ1n) is 51.2. The van der Waals surface area contributed by atoms with E-state index in [1.54, 1.807) is 57.1 Å². The summed E-state index contributed by atoms with van der Waals surface area (Å²) >= 11 is 0. The minimum atomic E-state index is -2.71. The first-order valence-corrected chi connectivity index (χ1v) is 51.2. The van der Waals surface area contributed by atoms with E-state index in [4.69, 9.17) is 39.9 Å². The van der Waals surface area contributed by atoms with E-state index in [1.807, 2.05) is 59.1 Å². The lowest BCUT2D eigenvalue weighted by molar-refractivity contribution is -0.103. The molecule has 12 aromatic rings. The molecule has 0 aromatic carbocycles. The van der Waals surface area contributed by atoms with Crippen LogP contribution in [0.2, 0.25) is 0 Å². The van der Waals surface area contributed by atoms with Crippen molar-refractivity contribution in [2.24, 2.45) is 71.6 Å². The van der Waals surface area contributed by atoms with E-state index in [0.717, 1.165) is 167 Å². The Hall–Kier alpha value is -14.6. The van der Waals surface area contributed by atoms with Gasteiger partial charge in [-0.15, -0.1) is 0 Å². The number of alkyl halides is 3. The van der Waals surface area contributed by atoms with Crippen molar-refractivity contribution < 1.29 is 66.2 Å². The molecule has 4 aliphatic heterocycles. The van der Waals surface area contributed by atoms with Crippen LogP contribution >= 0.6 is 0 Å². The van der Waals surface area contributed by atoms with Crippen LogP contribution in [0.3, 0.4) is 0 Å². The highest BCUT2D eigenvalue weighted by atomic mass is 19.3. The Kier molecular flexibility index (Phi) is 28.2. The molecule has 0 spiro atoms. The average molecular weight is 2010 g/mol. The van der Waals surface area contributed by atoms with Gasteiger partial charge in [0.05, 0.1) is 87.2 Å². The molecule has 41 nitrogen and oxygen atoms in total. The number of fused-ring (bicyclic) bond motifs is 3. The summed E-state index contributed by atoms with van der Waals surface area (Å²) in [6, 6.07) is 21.4. The summed E-state index contributed by atoms with van der Waals surface area (Å²) in [5.74, 6) is 1.29. The molecule has 9 N–H and O–H groups in total. The summed E-state index contributed by atoms with van der Waals surface area (Å²) < 4.78 is 73.2. The third kappa shape index (κ3) is 22.7. The van der Waals surface area contributed by atoms with E-state index in [-0.39, 0.29) is 150 Å².